The summed E-state index contributed by atoms with van der Waals surface area (Å²) in [6.45, 7) is 5.46. The number of hydrogen-bond donors (Lipinski definition) is 2. The largest absolute Gasteiger partial charge is 0.476 e. The van der Waals surface area contributed by atoms with Crippen LogP contribution in [0.5, 0.6) is 0 Å². The first-order valence-electron chi connectivity index (χ1n) is 5.81. The number of hydrogen-bond acceptors (Lipinski definition) is 3. The monoisotopic (exact) mass is 238 g/mol. The molecule has 2 N–H and O–H groups in total. The van der Waals surface area contributed by atoms with Gasteiger partial charge in [0.2, 0.25) is 0 Å². The topological polar surface area (TPSA) is 65.7 Å². The molecule has 0 atom stereocenters. The molecule has 5 nitrogen and oxygen atoms in total. The van der Waals surface area contributed by atoms with E-state index in [0.29, 0.717) is 13.0 Å². The first kappa shape index (κ1) is 12.0. The van der Waals surface area contributed by atoms with E-state index in [9.17, 15) is 15.1 Å². The Morgan fingerprint density at radius 3 is 2.59 bits per heavy atom. The zero-order valence-electron chi connectivity index (χ0n) is 10.4. The number of carbonyl (C=O) groups is 1. The molecule has 0 fully saturated rings. The van der Waals surface area contributed by atoms with Crippen molar-refractivity contribution in [1.29, 1.82) is 0 Å². The summed E-state index contributed by atoms with van der Waals surface area (Å²) in [5.74, 6) is -0.969. The Kier molecular flexibility index (Phi) is 2.87. The van der Waals surface area contributed by atoms with Crippen molar-refractivity contribution in [2.24, 2.45) is 0 Å². The Labute approximate surface area is 100 Å². The molecular formula is C12H18N2O3. The molecule has 0 saturated carbocycles. The van der Waals surface area contributed by atoms with Crippen molar-refractivity contribution in [3.05, 3.63) is 22.5 Å². The average Bonchev–Trinajstić information content (AvgIpc) is 2.51. The summed E-state index contributed by atoms with van der Waals surface area (Å²) in [5.41, 5.74) is 2.53. The van der Waals surface area contributed by atoms with Crippen LogP contribution in [0.25, 0.3) is 0 Å². The Morgan fingerprint density at radius 1 is 1.41 bits per heavy atom. The fraction of sp³-hybridized carbons (Fsp3) is 0.583. The first-order valence-corrected chi connectivity index (χ1v) is 5.81. The number of likely N-dealkylation sites (N-methyl/N-ethyl adjacent to an activating group) is 1. The van der Waals surface area contributed by atoms with Crippen LogP contribution in [0.3, 0.4) is 0 Å². The summed E-state index contributed by atoms with van der Waals surface area (Å²) in [7, 11) is 2.00. The van der Waals surface area contributed by atoms with E-state index in [4.69, 9.17) is 0 Å². The number of aromatic carboxylic acids is 1. The van der Waals surface area contributed by atoms with Crippen LogP contribution in [0.4, 0.5) is 0 Å². The zero-order chi connectivity index (χ0) is 12.7. The van der Waals surface area contributed by atoms with Crippen LogP contribution in [0.2, 0.25) is 0 Å². The van der Waals surface area contributed by atoms with Crippen molar-refractivity contribution in [1.82, 2.24) is 9.63 Å². The predicted octanol–water partition coefficient (Wildman–Crippen LogP) is 1.53. The van der Waals surface area contributed by atoms with Crippen molar-refractivity contribution >= 4 is 5.97 Å². The maximum atomic E-state index is 11.3. The third-order valence-electron chi connectivity index (χ3n) is 3.33. The molecule has 0 aliphatic carbocycles. The van der Waals surface area contributed by atoms with E-state index in [1.807, 2.05) is 20.9 Å². The molecule has 0 bridgehead atoms. The molecule has 5 heteroatoms. The van der Waals surface area contributed by atoms with Gasteiger partial charge in [0.25, 0.3) is 0 Å². The van der Waals surface area contributed by atoms with Crippen molar-refractivity contribution in [3.8, 4) is 0 Å². The number of fused-ring (bicyclic) bond motifs is 1. The van der Waals surface area contributed by atoms with Gasteiger partial charge in [-0.15, -0.1) is 0 Å². The molecule has 1 aliphatic heterocycles. The SMILES string of the molecule is CC(C)c1c2c(n(O)c1C(=O)O)CCN(C)C2. The fourth-order valence-electron chi connectivity index (χ4n) is 2.58. The van der Waals surface area contributed by atoms with Crippen LogP contribution in [-0.2, 0) is 13.0 Å². The molecule has 0 amide bonds. The minimum absolute atomic E-state index is 0.0281. The highest BCUT2D eigenvalue weighted by Gasteiger charge is 2.30. The summed E-state index contributed by atoms with van der Waals surface area (Å²) in [5, 5.41) is 19.2. The van der Waals surface area contributed by atoms with E-state index in [-0.39, 0.29) is 11.6 Å². The lowest BCUT2D eigenvalue weighted by atomic mass is 9.95. The molecule has 2 rings (SSSR count). The highest BCUT2D eigenvalue weighted by Crippen LogP contribution is 2.32. The maximum absolute atomic E-state index is 11.3. The molecule has 1 aromatic heterocycles. The minimum Gasteiger partial charge on any atom is -0.476 e. The lowest BCUT2D eigenvalue weighted by molar-refractivity contribution is 0.0636. The highest BCUT2D eigenvalue weighted by atomic mass is 16.5. The van der Waals surface area contributed by atoms with Gasteiger partial charge in [0.1, 0.15) is 0 Å². The van der Waals surface area contributed by atoms with Gasteiger partial charge >= 0.3 is 5.97 Å². The standard InChI is InChI=1S/C12H18N2O3/c1-7(2)10-8-6-13(3)5-4-9(8)14(17)11(10)12(15)16/h7,17H,4-6H2,1-3H3,(H,15,16). The average molecular weight is 238 g/mol. The second kappa shape index (κ2) is 4.07. The third-order valence-corrected chi connectivity index (χ3v) is 3.33. The smallest absolute Gasteiger partial charge is 0.356 e. The van der Waals surface area contributed by atoms with Crippen LogP contribution < -0.4 is 0 Å². The second-order valence-electron chi connectivity index (χ2n) is 4.95. The molecule has 1 aliphatic rings. The highest BCUT2D eigenvalue weighted by molar-refractivity contribution is 5.88. The number of aromatic nitrogens is 1. The number of carboxylic acid groups (broad SMARTS) is 1. The predicted molar refractivity (Wildman–Crippen MR) is 62.7 cm³/mol. The molecule has 17 heavy (non-hydrogen) atoms. The molecule has 0 saturated heterocycles. The Bertz CT molecular complexity index is 463. The van der Waals surface area contributed by atoms with Crippen molar-refractivity contribution in [2.45, 2.75) is 32.7 Å². The second-order valence-corrected chi connectivity index (χ2v) is 4.95. The van der Waals surface area contributed by atoms with Crippen LogP contribution in [0, 0.1) is 0 Å². The van der Waals surface area contributed by atoms with Crippen LogP contribution in [0.1, 0.15) is 47.1 Å². The maximum Gasteiger partial charge on any atom is 0.356 e. The summed E-state index contributed by atoms with van der Waals surface area (Å²) in [4.78, 5) is 13.4. The molecule has 0 radical (unpaired) electrons. The molecule has 1 aromatic rings. The first-order chi connectivity index (χ1) is 7.93. The number of nitrogens with zero attached hydrogens (tertiary/aromatic N) is 2. The van der Waals surface area contributed by atoms with Crippen LogP contribution >= 0.6 is 0 Å². The van der Waals surface area contributed by atoms with E-state index in [1.165, 1.54) is 0 Å². The summed E-state index contributed by atoms with van der Waals surface area (Å²) >= 11 is 0. The lowest BCUT2D eigenvalue weighted by Crippen LogP contribution is -2.27. The Morgan fingerprint density at radius 2 is 2.06 bits per heavy atom. The van der Waals surface area contributed by atoms with Gasteiger partial charge in [-0.2, -0.15) is 4.73 Å². The number of rotatable bonds is 2. The molecule has 0 spiro atoms. The van der Waals surface area contributed by atoms with E-state index in [0.717, 1.165) is 28.1 Å². The lowest BCUT2D eigenvalue weighted by Gasteiger charge is -2.24. The van der Waals surface area contributed by atoms with E-state index >= 15 is 0 Å². The summed E-state index contributed by atoms with van der Waals surface area (Å²) in [6, 6.07) is 0. The zero-order valence-corrected chi connectivity index (χ0v) is 10.4. The minimum atomic E-state index is -1.06. The van der Waals surface area contributed by atoms with Gasteiger partial charge in [-0.1, -0.05) is 13.8 Å². The third kappa shape index (κ3) is 1.80. The van der Waals surface area contributed by atoms with Crippen molar-refractivity contribution in [3.63, 3.8) is 0 Å². The van der Waals surface area contributed by atoms with Gasteiger partial charge in [-0.05, 0) is 24.1 Å². The molecule has 0 unspecified atom stereocenters. The number of carboxylic acids is 1. The fourth-order valence-corrected chi connectivity index (χ4v) is 2.58. The van der Waals surface area contributed by atoms with Gasteiger partial charge in [0, 0.05) is 19.5 Å². The normalized spacial score (nSPS) is 16.2. The molecule has 2 heterocycles. The molecule has 94 valence electrons. The van der Waals surface area contributed by atoms with E-state index < -0.39 is 5.97 Å². The molecule has 0 aromatic carbocycles. The van der Waals surface area contributed by atoms with Gasteiger partial charge in [0.15, 0.2) is 5.69 Å². The van der Waals surface area contributed by atoms with Crippen LogP contribution in [-0.4, -0.2) is 39.5 Å². The molecular weight excluding hydrogens is 220 g/mol. The quantitative estimate of drug-likeness (QED) is 0.767. The van der Waals surface area contributed by atoms with Crippen LogP contribution in [0.15, 0.2) is 0 Å². The van der Waals surface area contributed by atoms with E-state index in [1.54, 1.807) is 0 Å². The van der Waals surface area contributed by atoms with Gasteiger partial charge in [-0.3, -0.25) is 0 Å². The van der Waals surface area contributed by atoms with Gasteiger partial charge < -0.3 is 15.2 Å². The Hall–Kier alpha value is -1.49. The van der Waals surface area contributed by atoms with E-state index in [2.05, 4.69) is 4.90 Å². The summed E-state index contributed by atoms with van der Waals surface area (Å²) in [6.07, 6.45) is 0.690. The van der Waals surface area contributed by atoms with Gasteiger partial charge in [-0.25, -0.2) is 4.79 Å². The Balaban J connectivity index is 2.65. The van der Waals surface area contributed by atoms with Gasteiger partial charge in [0.05, 0.1) is 5.69 Å². The van der Waals surface area contributed by atoms with Crippen molar-refractivity contribution in [2.75, 3.05) is 13.6 Å². The summed E-state index contributed by atoms with van der Waals surface area (Å²) < 4.78 is 0.875. The van der Waals surface area contributed by atoms with Crippen molar-refractivity contribution < 1.29 is 15.1 Å².